The smallest absolute Gasteiger partial charge is 0.323 e. The SMILES string of the molecule is Brc1ccccc1-c1nc2ccccc2n1C[C]1[CH][CH][CH][CH]1.[CH]1[CH][CH][CH][CH]1.[Fe+2]. The van der Waals surface area contributed by atoms with Gasteiger partial charge in [0, 0.05) is 22.5 Å². The summed E-state index contributed by atoms with van der Waals surface area (Å²) in [6.45, 7) is 0.824. The summed E-state index contributed by atoms with van der Waals surface area (Å²) in [5, 5.41) is 0. The summed E-state index contributed by atoms with van der Waals surface area (Å²) in [5.41, 5.74) is 3.31. The molecule has 2 fully saturated rings. The Hall–Kier alpha value is -1.09. The van der Waals surface area contributed by atoms with E-state index in [9.17, 15) is 0 Å². The second kappa shape index (κ2) is 10.6. The molecule has 0 unspecified atom stereocenters. The largest absolute Gasteiger partial charge is 2.00 e. The van der Waals surface area contributed by atoms with Gasteiger partial charge in [-0.25, -0.2) is 4.98 Å². The zero-order valence-electron chi connectivity index (χ0n) is 15.1. The first-order chi connectivity index (χ1) is 13.3. The molecule has 3 aromatic rings. The minimum Gasteiger partial charge on any atom is -0.323 e. The number of hydrogen-bond acceptors (Lipinski definition) is 1. The Labute approximate surface area is 187 Å². The van der Waals surface area contributed by atoms with Gasteiger partial charge in [-0.05, 0) is 76.0 Å². The Morgan fingerprint density at radius 2 is 1.36 bits per heavy atom. The molecule has 0 saturated heterocycles. The zero-order valence-corrected chi connectivity index (χ0v) is 17.8. The third kappa shape index (κ3) is 5.09. The molecule has 2 aliphatic carbocycles. The van der Waals surface area contributed by atoms with E-state index in [1.165, 1.54) is 5.92 Å². The molecule has 2 saturated carbocycles. The van der Waals surface area contributed by atoms with Crippen LogP contribution < -0.4 is 0 Å². The summed E-state index contributed by atoms with van der Waals surface area (Å²) in [4.78, 5) is 4.86. The van der Waals surface area contributed by atoms with Crippen molar-refractivity contribution in [2.24, 2.45) is 0 Å². The van der Waals surface area contributed by atoms with Crippen LogP contribution in [0.5, 0.6) is 0 Å². The van der Waals surface area contributed by atoms with E-state index < -0.39 is 0 Å². The number of imidazole rings is 1. The van der Waals surface area contributed by atoms with Crippen LogP contribution in [-0.2, 0) is 23.6 Å². The summed E-state index contributed by atoms with van der Waals surface area (Å²) >= 11 is 3.65. The van der Waals surface area contributed by atoms with Crippen molar-refractivity contribution in [3.05, 3.63) is 117 Å². The molecule has 4 heteroatoms. The van der Waals surface area contributed by atoms with E-state index >= 15 is 0 Å². The maximum atomic E-state index is 4.86. The second-order valence-corrected chi connectivity index (χ2v) is 7.10. The Bertz CT molecular complexity index is 872. The average Bonchev–Trinajstić information content (AvgIpc) is 3.47. The Morgan fingerprint density at radius 1 is 0.750 bits per heavy atom. The van der Waals surface area contributed by atoms with Gasteiger partial charge in [-0.1, -0.05) is 46.3 Å². The number of benzene rings is 2. The van der Waals surface area contributed by atoms with Crippen molar-refractivity contribution in [3.63, 3.8) is 0 Å². The zero-order chi connectivity index (χ0) is 18.5. The molecule has 2 aromatic carbocycles. The molecule has 138 valence electrons. The minimum absolute atomic E-state index is 0. The van der Waals surface area contributed by atoms with E-state index in [0.29, 0.717) is 0 Å². The molecule has 0 atom stereocenters. The van der Waals surface area contributed by atoms with E-state index in [1.807, 2.05) is 50.3 Å². The standard InChI is InChI=1S/C19H14BrN2.C5H5.Fe/c20-16-10-4-3-9-15(16)19-21-17-11-5-6-12-18(17)22(19)13-14-7-1-2-8-14;1-2-4-5-3-1;/h1-12H,13H2;1-5H;/q;;+2. The fraction of sp³-hybridized carbons (Fsp3) is 0.0417. The van der Waals surface area contributed by atoms with Gasteiger partial charge in [-0.3, -0.25) is 0 Å². The Balaban J connectivity index is 0.000000329. The second-order valence-electron chi connectivity index (χ2n) is 6.25. The summed E-state index contributed by atoms with van der Waals surface area (Å²) in [6, 6.07) is 16.5. The summed E-state index contributed by atoms with van der Waals surface area (Å²) in [5.74, 6) is 2.28. The van der Waals surface area contributed by atoms with Crippen molar-refractivity contribution in [3.8, 4) is 11.4 Å². The van der Waals surface area contributed by atoms with Gasteiger partial charge in [0.05, 0.1) is 11.0 Å². The normalized spacial score (nSPS) is 16.6. The van der Waals surface area contributed by atoms with Crippen molar-refractivity contribution < 1.29 is 17.1 Å². The molecule has 0 N–H and O–H groups in total. The van der Waals surface area contributed by atoms with Crippen LogP contribution >= 0.6 is 15.9 Å². The third-order valence-electron chi connectivity index (χ3n) is 4.40. The molecule has 0 bridgehead atoms. The van der Waals surface area contributed by atoms with Gasteiger partial charge in [0.15, 0.2) is 0 Å². The molecule has 28 heavy (non-hydrogen) atoms. The summed E-state index contributed by atoms with van der Waals surface area (Å²) in [6.07, 6.45) is 18.5. The molecular formula is C24H19BrFeN2+2. The van der Waals surface area contributed by atoms with Gasteiger partial charge in [0.2, 0.25) is 0 Å². The van der Waals surface area contributed by atoms with Crippen LogP contribution in [0.1, 0.15) is 0 Å². The first-order valence-corrected chi connectivity index (χ1v) is 9.69. The molecule has 10 radical (unpaired) electrons. The van der Waals surface area contributed by atoms with E-state index in [4.69, 9.17) is 4.98 Å². The number of aromatic nitrogens is 2. The number of fused-ring (bicyclic) bond motifs is 1. The number of rotatable bonds is 3. The molecule has 1 aromatic heterocycles. The van der Waals surface area contributed by atoms with Crippen molar-refractivity contribution in [1.82, 2.24) is 9.55 Å². The molecular weight excluding hydrogens is 452 g/mol. The molecule has 0 aliphatic heterocycles. The number of para-hydroxylation sites is 2. The van der Waals surface area contributed by atoms with Crippen molar-refractivity contribution >= 4 is 27.0 Å². The minimum atomic E-state index is 0. The van der Waals surface area contributed by atoms with E-state index in [0.717, 1.165) is 33.4 Å². The maximum Gasteiger partial charge on any atom is 2.00 e. The maximum absolute atomic E-state index is 4.86. The van der Waals surface area contributed by atoms with Crippen molar-refractivity contribution in [2.75, 3.05) is 0 Å². The van der Waals surface area contributed by atoms with Crippen LogP contribution in [0.2, 0.25) is 0 Å². The van der Waals surface area contributed by atoms with Gasteiger partial charge >= 0.3 is 17.1 Å². The van der Waals surface area contributed by atoms with Crippen LogP contribution in [0, 0.1) is 63.7 Å². The van der Waals surface area contributed by atoms with Crippen LogP contribution in [0.3, 0.4) is 0 Å². The van der Waals surface area contributed by atoms with Gasteiger partial charge in [-0.15, -0.1) is 0 Å². The first kappa shape index (κ1) is 21.6. The van der Waals surface area contributed by atoms with Crippen LogP contribution in [0.25, 0.3) is 22.4 Å². The topological polar surface area (TPSA) is 17.8 Å². The Kier molecular flexibility index (Phi) is 8.20. The van der Waals surface area contributed by atoms with Gasteiger partial charge in [0.1, 0.15) is 5.82 Å². The van der Waals surface area contributed by atoms with Crippen LogP contribution in [0.15, 0.2) is 53.0 Å². The van der Waals surface area contributed by atoms with Crippen molar-refractivity contribution in [2.45, 2.75) is 6.54 Å². The van der Waals surface area contributed by atoms with Crippen molar-refractivity contribution in [1.29, 1.82) is 0 Å². The fourth-order valence-corrected chi connectivity index (χ4v) is 3.57. The average molecular weight is 471 g/mol. The van der Waals surface area contributed by atoms with Gasteiger partial charge < -0.3 is 4.57 Å². The van der Waals surface area contributed by atoms with E-state index in [-0.39, 0.29) is 17.1 Å². The first-order valence-electron chi connectivity index (χ1n) is 8.90. The molecule has 1 heterocycles. The van der Waals surface area contributed by atoms with Crippen LogP contribution in [0.4, 0.5) is 0 Å². The third-order valence-corrected chi connectivity index (χ3v) is 5.09. The van der Waals surface area contributed by atoms with E-state index in [1.54, 1.807) is 0 Å². The molecule has 2 aliphatic rings. The molecule has 2 nitrogen and oxygen atoms in total. The number of halogens is 1. The number of nitrogens with zero attached hydrogens (tertiary/aromatic N) is 2. The number of hydrogen-bond donors (Lipinski definition) is 0. The summed E-state index contributed by atoms with van der Waals surface area (Å²) < 4.78 is 3.35. The predicted molar refractivity (Wildman–Crippen MR) is 115 cm³/mol. The monoisotopic (exact) mass is 470 g/mol. The molecule has 0 spiro atoms. The van der Waals surface area contributed by atoms with Gasteiger partial charge in [0.25, 0.3) is 0 Å². The Morgan fingerprint density at radius 3 is 2.04 bits per heavy atom. The predicted octanol–water partition coefficient (Wildman–Crippen LogP) is 5.89. The summed E-state index contributed by atoms with van der Waals surface area (Å²) in [7, 11) is 0. The quantitative estimate of drug-likeness (QED) is 0.436. The van der Waals surface area contributed by atoms with Crippen LogP contribution in [-0.4, -0.2) is 9.55 Å². The van der Waals surface area contributed by atoms with E-state index in [2.05, 4.69) is 76.5 Å². The fourth-order valence-electron chi connectivity index (χ4n) is 3.11. The molecule has 5 rings (SSSR count). The molecule has 0 amide bonds. The van der Waals surface area contributed by atoms with Gasteiger partial charge in [-0.2, -0.15) is 0 Å².